The molecule has 0 radical (unpaired) electrons. The van der Waals surface area contributed by atoms with E-state index in [0.29, 0.717) is 18.9 Å². The van der Waals surface area contributed by atoms with Gasteiger partial charge in [0, 0.05) is 19.2 Å². The number of hydrogen-bond acceptors (Lipinski definition) is 3. The van der Waals surface area contributed by atoms with Gasteiger partial charge >= 0.3 is 0 Å². The lowest BCUT2D eigenvalue weighted by Crippen LogP contribution is -2.15. The predicted octanol–water partition coefficient (Wildman–Crippen LogP) is 1.28. The number of nitrogens with two attached hydrogens (primary N) is 1. The first-order valence-corrected chi connectivity index (χ1v) is 5.23. The molecule has 1 aromatic rings. The van der Waals surface area contributed by atoms with Crippen molar-refractivity contribution in [2.24, 2.45) is 11.7 Å². The van der Waals surface area contributed by atoms with Gasteiger partial charge in [-0.25, -0.2) is 0 Å². The van der Waals surface area contributed by atoms with Crippen LogP contribution in [0.5, 0.6) is 0 Å². The summed E-state index contributed by atoms with van der Waals surface area (Å²) in [5.74, 6) is 0.670. The third-order valence-corrected chi connectivity index (χ3v) is 2.53. The van der Waals surface area contributed by atoms with Gasteiger partial charge < -0.3 is 11.1 Å². The highest BCUT2D eigenvalue weighted by Crippen LogP contribution is 2.32. The maximum Gasteiger partial charge on any atom is 0.224 e. The summed E-state index contributed by atoms with van der Waals surface area (Å²) in [5, 5.41) is 2.85. The van der Waals surface area contributed by atoms with Crippen LogP contribution in [0.1, 0.15) is 25.0 Å². The molecule has 0 saturated heterocycles. The molecule has 1 heterocycles. The summed E-state index contributed by atoms with van der Waals surface area (Å²) in [6.07, 6.45) is 4.67. The number of rotatable bonds is 4. The largest absolute Gasteiger partial charge is 0.325 e. The second-order valence-electron chi connectivity index (χ2n) is 3.90. The van der Waals surface area contributed by atoms with E-state index in [-0.39, 0.29) is 5.91 Å². The zero-order valence-corrected chi connectivity index (χ0v) is 8.57. The Morgan fingerprint density at radius 2 is 2.40 bits per heavy atom. The summed E-state index contributed by atoms with van der Waals surface area (Å²) in [6, 6.07) is 3.63. The Balaban J connectivity index is 1.98. The van der Waals surface area contributed by atoms with E-state index >= 15 is 0 Å². The predicted molar refractivity (Wildman–Crippen MR) is 58.1 cm³/mol. The topological polar surface area (TPSA) is 68.0 Å². The molecule has 0 atom stereocenters. The van der Waals surface area contributed by atoms with Gasteiger partial charge in [-0.15, -0.1) is 0 Å². The molecule has 0 aromatic carbocycles. The molecule has 80 valence electrons. The maximum absolute atomic E-state index is 11.6. The van der Waals surface area contributed by atoms with E-state index in [1.54, 1.807) is 12.3 Å². The van der Waals surface area contributed by atoms with Crippen molar-refractivity contribution >= 4 is 11.6 Å². The Morgan fingerprint density at radius 1 is 1.60 bits per heavy atom. The fourth-order valence-electron chi connectivity index (χ4n) is 1.50. The molecule has 2 rings (SSSR count). The van der Waals surface area contributed by atoms with Crippen LogP contribution in [0.3, 0.4) is 0 Å². The minimum atomic E-state index is 0.0696. The van der Waals surface area contributed by atoms with Gasteiger partial charge in [0.15, 0.2) is 0 Å². The van der Waals surface area contributed by atoms with E-state index in [1.165, 1.54) is 12.8 Å². The third-order valence-electron chi connectivity index (χ3n) is 2.53. The summed E-state index contributed by atoms with van der Waals surface area (Å²) in [6.45, 7) is 0.347. The summed E-state index contributed by atoms with van der Waals surface area (Å²) in [5.41, 5.74) is 7.01. The van der Waals surface area contributed by atoms with Crippen molar-refractivity contribution in [3.8, 4) is 0 Å². The van der Waals surface area contributed by atoms with Crippen LogP contribution < -0.4 is 11.1 Å². The number of hydrogen-bond donors (Lipinski definition) is 2. The number of nitrogens with one attached hydrogen (secondary N) is 1. The fourth-order valence-corrected chi connectivity index (χ4v) is 1.50. The Kier molecular flexibility index (Phi) is 2.97. The Bertz CT molecular complexity index is 361. The molecule has 1 fully saturated rings. The number of aromatic nitrogens is 1. The number of amides is 1. The Morgan fingerprint density at radius 3 is 3.07 bits per heavy atom. The molecule has 0 spiro atoms. The zero-order valence-electron chi connectivity index (χ0n) is 8.57. The monoisotopic (exact) mass is 205 g/mol. The molecule has 1 amide bonds. The van der Waals surface area contributed by atoms with Crippen molar-refractivity contribution in [2.45, 2.75) is 25.8 Å². The molecule has 1 aromatic heterocycles. The van der Waals surface area contributed by atoms with Gasteiger partial charge in [0.25, 0.3) is 0 Å². The van der Waals surface area contributed by atoms with Gasteiger partial charge in [0.1, 0.15) is 0 Å². The normalized spacial score (nSPS) is 15.0. The van der Waals surface area contributed by atoms with Crippen LogP contribution in [0, 0.1) is 5.92 Å². The minimum absolute atomic E-state index is 0.0696. The van der Waals surface area contributed by atoms with Crippen molar-refractivity contribution in [3.63, 3.8) is 0 Å². The van der Waals surface area contributed by atoms with E-state index in [2.05, 4.69) is 10.3 Å². The highest BCUT2D eigenvalue weighted by Gasteiger charge is 2.24. The van der Waals surface area contributed by atoms with Crippen molar-refractivity contribution in [1.29, 1.82) is 0 Å². The molecule has 15 heavy (non-hydrogen) atoms. The van der Waals surface area contributed by atoms with Crippen LogP contribution in [0.2, 0.25) is 0 Å². The Labute approximate surface area is 88.9 Å². The number of carbonyl (C=O) groups excluding carboxylic acids is 1. The summed E-state index contributed by atoms with van der Waals surface area (Å²) in [7, 11) is 0. The van der Waals surface area contributed by atoms with Crippen molar-refractivity contribution in [3.05, 3.63) is 24.0 Å². The van der Waals surface area contributed by atoms with Crippen molar-refractivity contribution < 1.29 is 4.79 Å². The standard InChI is InChI=1S/C11H15N3O/c12-7-10-9(2-1-5-13-10)14-11(15)6-8-3-4-8/h1-2,5,8H,3-4,6-7,12H2,(H,14,15). The van der Waals surface area contributed by atoms with Crippen LogP contribution in [-0.2, 0) is 11.3 Å². The molecule has 1 saturated carbocycles. The van der Waals surface area contributed by atoms with Crippen molar-refractivity contribution in [1.82, 2.24) is 4.98 Å². The lowest BCUT2D eigenvalue weighted by molar-refractivity contribution is -0.116. The van der Waals surface area contributed by atoms with E-state index < -0.39 is 0 Å². The summed E-state index contributed by atoms with van der Waals surface area (Å²) in [4.78, 5) is 15.7. The number of carbonyl (C=O) groups is 1. The first-order chi connectivity index (χ1) is 7.29. The average Bonchev–Trinajstić information content (AvgIpc) is 3.02. The Hall–Kier alpha value is -1.42. The van der Waals surface area contributed by atoms with E-state index in [4.69, 9.17) is 5.73 Å². The second-order valence-corrected chi connectivity index (χ2v) is 3.90. The highest BCUT2D eigenvalue weighted by atomic mass is 16.1. The average molecular weight is 205 g/mol. The van der Waals surface area contributed by atoms with Crippen LogP contribution >= 0.6 is 0 Å². The first kappa shape index (κ1) is 10.1. The quantitative estimate of drug-likeness (QED) is 0.778. The number of anilines is 1. The molecule has 0 bridgehead atoms. The van der Waals surface area contributed by atoms with E-state index in [1.807, 2.05) is 6.07 Å². The van der Waals surface area contributed by atoms with Crippen LogP contribution in [-0.4, -0.2) is 10.9 Å². The minimum Gasteiger partial charge on any atom is -0.325 e. The second kappa shape index (κ2) is 4.40. The molecule has 3 N–H and O–H groups in total. The van der Waals surface area contributed by atoms with Crippen LogP contribution in [0.4, 0.5) is 5.69 Å². The molecule has 1 aliphatic carbocycles. The molecule has 4 nitrogen and oxygen atoms in total. The van der Waals surface area contributed by atoms with Gasteiger partial charge in [-0.3, -0.25) is 9.78 Å². The summed E-state index contributed by atoms with van der Waals surface area (Å²) >= 11 is 0. The summed E-state index contributed by atoms with van der Waals surface area (Å²) < 4.78 is 0. The molecular formula is C11H15N3O. The molecule has 0 unspecified atom stereocenters. The van der Waals surface area contributed by atoms with Gasteiger partial charge in [0.2, 0.25) is 5.91 Å². The molecular weight excluding hydrogens is 190 g/mol. The van der Waals surface area contributed by atoms with Gasteiger partial charge in [-0.1, -0.05) is 0 Å². The smallest absolute Gasteiger partial charge is 0.224 e. The van der Waals surface area contributed by atoms with E-state index in [9.17, 15) is 4.79 Å². The zero-order chi connectivity index (χ0) is 10.7. The molecule has 0 aliphatic heterocycles. The lowest BCUT2D eigenvalue weighted by atomic mass is 10.2. The van der Waals surface area contributed by atoms with Crippen LogP contribution in [0.25, 0.3) is 0 Å². The number of nitrogens with zero attached hydrogens (tertiary/aromatic N) is 1. The van der Waals surface area contributed by atoms with Gasteiger partial charge in [-0.2, -0.15) is 0 Å². The lowest BCUT2D eigenvalue weighted by Gasteiger charge is -2.07. The highest BCUT2D eigenvalue weighted by molar-refractivity contribution is 5.91. The fraction of sp³-hybridized carbons (Fsp3) is 0.455. The SMILES string of the molecule is NCc1ncccc1NC(=O)CC1CC1. The maximum atomic E-state index is 11.6. The molecule has 4 heteroatoms. The van der Waals surface area contributed by atoms with Crippen molar-refractivity contribution in [2.75, 3.05) is 5.32 Å². The van der Waals surface area contributed by atoms with Crippen LogP contribution in [0.15, 0.2) is 18.3 Å². The molecule has 1 aliphatic rings. The third kappa shape index (κ3) is 2.76. The van der Waals surface area contributed by atoms with Gasteiger partial charge in [-0.05, 0) is 30.9 Å². The van der Waals surface area contributed by atoms with E-state index in [0.717, 1.165) is 11.4 Å². The first-order valence-electron chi connectivity index (χ1n) is 5.23. The van der Waals surface area contributed by atoms with Gasteiger partial charge in [0.05, 0.1) is 11.4 Å². The number of pyridine rings is 1.